The number of aromatic nitrogens is 1. The molecule has 1 unspecified atom stereocenters. The normalized spacial score (nSPS) is 20.0. The molecule has 0 aliphatic carbocycles. The van der Waals surface area contributed by atoms with E-state index in [1.807, 2.05) is 12.3 Å². The van der Waals surface area contributed by atoms with Crippen molar-refractivity contribution in [1.29, 1.82) is 0 Å². The van der Waals surface area contributed by atoms with Gasteiger partial charge in [0.2, 0.25) is 0 Å². The Kier molecular flexibility index (Phi) is 3.62. The third-order valence-corrected chi connectivity index (χ3v) is 4.26. The fraction of sp³-hybridized carbons (Fsp3) is 0.615. The number of urea groups is 1. The van der Waals surface area contributed by atoms with E-state index >= 15 is 0 Å². The minimum absolute atomic E-state index is 0.00697. The largest absolute Gasteiger partial charge is 0.385 e. The molecule has 1 aliphatic rings. The van der Waals surface area contributed by atoms with Gasteiger partial charge in [0.25, 0.3) is 0 Å². The molecule has 1 aromatic rings. The van der Waals surface area contributed by atoms with Gasteiger partial charge in [0.15, 0.2) is 0 Å². The molecule has 19 heavy (non-hydrogen) atoms. The molecule has 0 aromatic carbocycles. The van der Waals surface area contributed by atoms with Crippen LogP contribution in [0.5, 0.6) is 0 Å². The lowest BCUT2D eigenvalue weighted by atomic mass is 9.98. The van der Waals surface area contributed by atoms with Gasteiger partial charge >= 0.3 is 6.03 Å². The van der Waals surface area contributed by atoms with Crippen molar-refractivity contribution in [2.75, 3.05) is 6.54 Å². The van der Waals surface area contributed by atoms with Crippen molar-refractivity contribution in [1.82, 2.24) is 9.88 Å². The van der Waals surface area contributed by atoms with Crippen LogP contribution in [0.2, 0.25) is 0 Å². The van der Waals surface area contributed by atoms with Crippen LogP contribution in [0, 0.1) is 0 Å². The SMILES string of the molecule is CCCN1C(=O)N=C(N)C1c1csc(C(C)(C)C)n1. The number of thiazole rings is 1. The number of amides is 2. The third kappa shape index (κ3) is 2.63. The molecule has 1 atom stereocenters. The molecule has 2 heterocycles. The van der Waals surface area contributed by atoms with Gasteiger partial charge in [-0.3, -0.25) is 0 Å². The van der Waals surface area contributed by atoms with E-state index in [0.717, 1.165) is 17.1 Å². The third-order valence-electron chi connectivity index (χ3n) is 2.97. The number of carbonyl (C=O) groups excluding carboxylic acids is 1. The summed E-state index contributed by atoms with van der Waals surface area (Å²) < 4.78 is 0. The van der Waals surface area contributed by atoms with Gasteiger partial charge in [-0.1, -0.05) is 27.7 Å². The van der Waals surface area contributed by atoms with Crippen molar-refractivity contribution in [2.45, 2.75) is 45.6 Å². The maximum atomic E-state index is 11.8. The smallest absolute Gasteiger partial charge is 0.346 e. The molecule has 2 rings (SSSR count). The number of amidine groups is 1. The molecule has 1 aromatic heterocycles. The summed E-state index contributed by atoms with van der Waals surface area (Å²) in [4.78, 5) is 22.0. The van der Waals surface area contributed by atoms with E-state index < -0.39 is 0 Å². The summed E-state index contributed by atoms with van der Waals surface area (Å²) in [5.74, 6) is 0.351. The molecular weight excluding hydrogens is 260 g/mol. The standard InChI is InChI=1S/C13H20N4OS/c1-5-6-17-9(10(14)16-12(17)18)8-7-19-11(15-8)13(2,3)4/h7,9H,5-6H2,1-4H3,(H2,14,16,18). The zero-order valence-corrected chi connectivity index (χ0v) is 12.6. The molecule has 104 valence electrons. The summed E-state index contributed by atoms with van der Waals surface area (Å²) in [5, 5.41) is 3.03. The molecule has 0 saturated heterocycles. The Labute approximate surface area is 117 Å². The van der Waals surface area contributed by atoms with Gasteiger partial charge in [-0.15, -0.1) is 11.3 Å². The summed E-state index contributed by atoms with van der Waals surface area (Å²) in [6.07, 6.45) is 0.876. The monoisotopic (exact) mass is 280 g/mol. The molecule has 0 fully saturated rings. The van der Waals surface area contributed by atoms with Crippen molar-refractivity contribution in [3.05, 3.63) is 16.1 Å². The maximum Gasteiger partial charge on any atom is 0.346 e. The van der Waals surface area contributed by atoms with E-state index in [-0.39, 0.29) is 17.5 Å². The summed E-state index contributed by atoms with van der Waals surface area (Å²) in [5.41, 5.74) is 6.73. The minimum Gasteiger partial charge on any atom is -0.385 e. The first-order chi connectivity index (χ1) is 8.84. The molecule has 0 radical (unpaired) electrons. The number of carbonyl (C=O) groups is 1. The number of rotatable bonds is 3. The van der Waals surface area contributed by atoms with Crippen LogP contribution in [0.3, 0.4) is 0 Å². The second-order valence-corrected chi connectivity index (χ2v) is 6.60. The number of nitrogens with zero attached hydrogens (tertiary/aromatic N) is 3. The van der Waals surface area contributed by atoms with Crippen molar-refractivity contribution in [3.8, 4) is 0 Å². The minimum atomic E-state index is -0.292. The van der Waals surface area contributed by atoms with Crippen LogP contribution in [0.4, 0.5) is 4.79 Å². The number of nitrogens with two attached hydrogens (primary N) is 1. The Hall–Kier alpha value is -1.43. The number of hydrogen-bond acceptors (Lipinski definition) is 4. The quantitative estimate of drug-likeness (QED) is 0.925. The fourth-order valence-electron chi connectivity index (χ4n) is 2.04. The van der Waals surface area contributed by atoms with Crippen LogP contribution in [-0.4, -0.2) is 28.3 Å². The Morgan fingerprint density at radius 3 is 2.68 bits per heavy atom. The summed E-state index contributed by atoms with van der Waals surface area (Å²) in [6.45, 7) is 9.04. The van der Waals surface area contributed by atoms with Crippen LogP contribution in [0.15, 0.2) is 10.4 Å². The van der Waals surface area contributed by atoms with E-state index in [4.69, 9.17) is 5.73 Å². The van der Waals surface area contributed by atoms with Crippen LogP contribution in [-0.2, 0) is 5.41 Å². The number of hydrogen-bond donors (Lipinski definition) is 1. The Bertz CT molecular complexity index is 515. The van der Waals surface area contributed by atoms with E-state index in [9.17, 15) is 4.79 Å². The van der Waals surface area contributed by atoms with E-state index in [0.29, 0.717) is 12.4 Å². The lowest BCUT2D eigenvalue weighted by Gasteiger charge is -2.22. The molecule has 2 amide bonds. The first kappa shape index (κ1) is 14.0. The van der Waals surface area contributed by atoms with Crippen molar-refractivity contribution < 1.29 is 4.79 Å². The zero-order chi connectivity index (χ0) is 14.2. The highest BCUT2D eigenvalue weighted by molar-refractivity contribution is 7.09. The highest BCUT2D eigenvalue weighted by Crippen LogP contribution is 2.32. The Balaban J connectivity index is 2.32. The summed E-state index contributed by atoms with van der Waals surface area (Å²) in [6, 6.07) is -0.547. The Morgan fingerprint density at radius 1 is 1.47 bits per heavy atom. The lowest BCUT2D eigenvalue weighted by molar-refractivity contribution is 0.206. The van der Waals surface area contributed by atoms with Crippen molar-refractivity contribution in [2.24, 2.45) is 10.7 Å². The molecular formula is C13H20N4OS. The van der Waals surface area contributed by atoms with Crippen LogP contribution in [0.1, 0.15) is 50.9 Å². The summed E-state index contributed by atoms with van der Waals surface area (Å²) in [7, 11) is 0. The molecule has 0 saturated carbocycles. The van der Waals surface area contributed by atoms with Gasteiger partial charge in [-0.25, -0.2) is 9.78 Å². The zero-order valence-electron chi connectivity index (χ0n) is 11.8. The Morgan fingerprint density at radius 2 is 2.16 bits per heavy atom. The molecule has 5 nitrogen and oxygen atoms in total. The maximum absolute atomic E-state index is 11.8. The van der Waals surface area contributed by atoms with Gasteiger partial charge < -0.3 is 10.6 Å². The van der Waals surface area contributed by atoms with Crippen molar-refractivity contribution >= 4 is 23.2 Å². The van der Waals surface area contributed by atoms with E-state index in [1.165, 1.54) is 0 Å². The average molecular weight is 280 g/mol. The van der Waals surface area contributed by atoms with Gasteiger partial charge in [0, 0.05) is 17.3 Å². The average Bonchev–Trinajstić information content (AvgIpc) is 2.85. The predicted molar refractivity (Wildman–Crippen MR) is 77.6 cm³/mol. The van der Waals surface area contributed by atoms with Gasteiger partial charge in [-0.2, -0.15) is 4.99 Å². The molecule has 0 spiro atoms. The first-order valence-electron chi connectivity index (χ1n) is 6.45. The second kappa shape index (κ2) is 4.92. The fourth-order valence-corrected chi connectivity index (χ4v) is 2.96. The highest BCUT2D eigenvalue weighted by atomic mass is 32.1. The predicted octanol–water partition coefficient (Wildman–Crippen LogP) is 2.68. The number of aliphatic imine (C=N–C) groups is 1. The van der Waals surface area contributed by atoms with Gasteiger partial charge in [0.1, 0.15) is 11.9 Å². The van der Waals surface area contributed by atoms with E-state index in [1.54, 1.807) is 16.2 Å². The van der Waals surface area contributed by atoms with Gasteiger partial charge in [0.05, 0.1) is 10.7 Å². The van der Waals surface area contributed by atoms with Crippen molar-refractivity contribution in [3.63, 3.8) is 0 Å². The second-order valence-electron chi connectivity index (χ2n) is 5.74. The van der Waals surface area contributed by atoms with Crippen LogP contribution in [0.25, 0.3) is 0 Å². The molecule has 0 bridgehead atoms. The molecule has 2 N–H and O–H groups in total. The lowest BCUT2D eigenvalue weighted by Crippen LogP contribution is -2.34. The van der Waals surface area contributed by atoms with Crippen LogP contribution < -0.4 is 5.73 Å². The van der Waals surface area contributed by atoms with Crippen LogP contribution >= 0.6 is 11.3 Å². The first-order valence-corrected chi connectivity index (χ1v) is 7.33. The van der Waals surface area contributed by atoms with Gasteiger partial charge in [-0.05, 0) is 6.42 Å². The highest BCUT2D eigenvalue weighted by Gasteiger charge is 2.36. The molecule has 6 heteroatoms. The topological polar surface area (TPSA) is 71.6 Å². The summed E-state index contributed by atoms with van der Waals surface area (Å²) >= 11 is 1.61. The van der Waals surface area contributed by atoms with E-state index in [2.05, 4.69) is 30.7 Å². The molecule has 1 aliphatic heterocycles.